The molecule has 1 atom stereocenters. The van der Waals surface area contributed by atoms with Gasteiger partial charge in [-0.1, -0.05) is 36.8 Å². The fourth-order valence-electron chi connectivity index (χ4n) is 2.61. The Kier molecular flexibility index (Phi) is 3.41. The molecule has 2 heterocycles. The van der Waals surface area contributed by atoms with Crippen molar-refractivity contribution in [1.29, 1.82) is 0 Å². The first-order valence-corrected chi connectivity index (χ1v) is 8.28. The molecule has 0 saturated heterocycles. The SMILES string of the molecule is CNC1CC(C)(C)Cc2nc(-c3ncc(Cl)s3)sc21. The lowest BCUT2D eigenvalue weighted by Gasteiger charge is -2.34. The molecule has 0 spiro atoms. The standard InChI is InChI=1S/C13H16ClN3S2/c1-13(2)4-7(15-3)10-8(5-13)17-12(19-10)11-16-6-9(14)18-11/h6-7,15H,4-5H2,1-3H3. The second kappa shape index (κ2) is 4.81. The fourth-order valence-corrected chi connectivity index (χ4v) is 4.74. The summed E-state index contributed by atoms with van der Waals surface area (Å²) in [7, 11) is 2.02. The van der Waals surface area contributed by atoms with Gasteiger partial charge >= 0.3 is 0 Å². The Morgan fingerprint density at radius 3 is 2.79 bits per heavy atom. The van der Waals surface area contributed by atoms with Crippen LogP contribution >= 0.6 is 34.3 Å². The van der Waals surface area contributed by atoms with Crippen molar-refractivity contribution in [2.24, 2.45) is 5.41 Å². The van der Waals surface area contributed by atoms with Crippen LogP contribution in [0.25, 0.3) is 10.0 Å². The number of aromatic nitrogens is 2. The van der Waals surface area contributed by atoms with Crippen molar-refractivity contribution in [3.8, 4) is 10.0 Å². The van der Waals surface area contributed by atoms with Crippen molar-refractivity contribution in [1.82, 2.24) is 15.3 Å². The van der Waals surface area contributed by atoms with Crippen LogP contribution in [0, 0.1) is 5.41 Å². The number of halogens is 1. The van der Waals surface area contributed by atoms with Crippen LogP contribution in [-0.2, 0) is 6.42 Å². The van der Waals surface area contributed by atoms with E-state index in [1.165, 1.54) is 21.9 Å². The van der Waals surface area contributed by atoms with Gasteiger partial charge in [0.25, 0.3) is 0 Å². The van der Waals surface area contributed by atoms with Gasteiger partial charge in [0.15, 0.2) is 10.0 Å². The van der Waals surface area contributed by atoms with Crippen molar-refractivity contribution in [3.63, 3.8) is 0 Å². The maximum atomic E-state index is 5.96. The van der Waals surface area contributed by atoms with Crippen molar-refractivity contribution in [2.45, 2.75) is 32.7 Å². The molecular formula is C13H16ClN3S2. The van der Waals surface area contributed by atoms with Crippen molar-refractivity contribution >= 4 is 34.3 Å². The van der Waals surface area contributed by atoms with E-state index < -0.39 is 0 Å². The van der Waals surface area contributed by atoms with Crippen molar-refractivity contribution in [2.75, 3.05) is 7.05 Å². The number of hydrogen-bond acceptors (Lipinski definition) is 5. The molecule has 0 bridgehead atoms. The normalized spacial score (nSPS) is 21.4. The summed E-state index contributed by atoms with van der Waals surface area (Å²) in [5.74, 6) is 0. The molecule has 2 aromatic rings. The van der Waals surface area contributed by atoms with Gasteiger partial charge in [-0.2, -0.15) is 0 Å². The lowest BCUT2D eigenvalue weighted by Crippen LogP contribution is -2.30. The zero-order chi connectivity index (χ0) is 13.6. The molecular weight excluding hydrogens is 298 g/mol. The predicted molar refractivity (Wildman–Crippen MR) is 82.1 cm³/mol. The Labute approximate surface area is 126 Å². The Hall–Kier alpha value is -0.490. The lowest BCUT2D eigenvalue weighted by atomic mass is 9.76. The van der Waals surface area contributed by atoms with Gasteiger partial charge in [-0.25, -0.2) is 9.97 Å². The largest absolute Gasteiger partial charge is 0.312 e. The summed E-state index contributed by atoms with van der Waals surface area (Å²) in [6.07, 6.45) is 3.88. The van der Waals surface area contributed by atoms with Crippen LogP contribution in [0.5, 0.6) is 0 Å². The van der Waals surface area contributed by atoms with E-state index in [0.717, 1.165) is 22.9 Å². The first-order valence-electron chi connectivity index (χ1n) is 6.27. The third kappa shape index (κ3) is 2.57. The zero-order valence-electron chi connectivity index (χ0n) is 11.2. The van der Waals surface area contributed by atoms with Gasteiger partial charge in [0.05, 0.1) is 11.9 Å². The second-order valence-corrected chi connectivity index (χ2v) is 8.38. The first kappa shape index (κ1) is 13.5. The maximum absolute atomic E-state index is 5.96. The van der Waals surface area contributed by atoms with Gasteiger partial charge in [-0.05, 0) is 25.3 Å². The highest BCUT2D eigenvalue weighted by atomic mass is 35.5. The predicted octanol–water partition coefficient (Wildman–Crippen LogP) is 4.15. The zero-order valence-corrected chi connectivity index (χ0v) is 13.5. The van der Waals surface area contributed by atoms with E-state index in [0.29, 0.717) is 15.8 Å². The summed E-state index contributed by atoms with van der Waals surface area (Å²) in [5, 5.41) is 5.34. The molecule has 0 aliphatic heterocycles. The fraction of sp³-hybridized carbons (Fsp3) is 0.538. The van der Waals surface area contributed by atoms with Gasteiger partial charge in [0.2, 0.25) is 0 Å². The van der Waals surface area contributed by atoms with Gasteiger partial charge < -0.3 is 5.32 Å². The van der Waals surface area contributed by atoms with Crippen molar-refractivity contribution < 1.29 is 0 Å². The van der Waals surface area contributed by atoms with E-state index in [1.54, 1.807) is 17.5 Å². The second-order valence-electron chi connectivity index (χ2n) is 5.69. The summed E-state index contributed by atoms with van der Waals surface area (Å²) in [6.45, 7) is 4.61. The smallest absolute Gasteiger partial charge is 0.153 e. The lowest BCUT2D eigenvalue weighted by molar-refractivity contribution is 0.265. The maximum Gasteiger partial charge on any atom is 0.153 e. The van der Waals surface area contributed by atoms with Gasteiger partial charge in [0.1, 0.15) is 4.34 Å². The number of rotatable bonds is 2. The third-order valence-electron chi connectivity index (χ3n) is 3.46. The van der Waals surface area contributed by atoms with Crippen LogP contribution in [0.4, 0.5) is 0 Å². The van der Waals surface area contributed by atoms with Crippen LogP contribution in [0.1, 0.15) is 36.9 Å². The molecule has 2 aromatic heterocycles. The molecule has 0 saturated carbocycles. The highest BCUT2D eigenvalue weighted by molar-refractivity contribution is 7.23. The average molecular weight is 314 g/mol. The summed E-state index contributed by atoms with van der Waals surface area (Å²) in [4.78, 5) is 10.5. The molecule has 19 heavy (non-hydrogen) atoms. The molecule has 1 unspecified atom stereocenters. The molecule has 1 aliphatic carbocycles. The molecule has 102 valence electrons. The molecule has 0 fully saturated rings. The molecule has 1 N–H and O–H groups in total. The summed E-state index contributed by atoms with van der Waals surface area (Å²) in [5.41, 5.74) is 1.52. The summed E-state index contributed by atoms with van der Waals surface area (Å²) < 4.78 is 0.716. The highest BCUT2D eigenvalue weighted by Gasteiger charge is 2.34. The molecule has 6 heteroatoms. The van der Waals surface area contributed by atoms with Crippen LogP contribution in [0.15, 0.2) is 6.20 Å². The minimum absolute atomic E-state index is 0.298. The molecule has 3 rings (SSSR count). The van der Waals surface area contributed by atoms with E-state index in [1.807, 2.05) is 7.05 Å². The molecule has 0 radical (unpaired) electrons. The van der Waals surface area contributed by atoms with Crippen LogP contribution in [0.3, 0.4) is 0 Å². The number of hydrogen-bond donors (Lipinski definition) is 1. The Morgan fingerprint density at radius 2 is 2.16 bits per heavy atom. The van der Waals surface area contributed by atoms with E-state index in [-0.39, 0.29) is 0 Å². The minimum Gasteiger partial charge on any atom is -0.312 e. The Balaban J connectivity index is 2.02. The summed E-state index contributed by atoms with van der Waals surface area (Å²) >= 11 is 9.20. The van der Waals surface area contributed by atoms with E-state index in [9.17, 15) is 0 Å². The van der Waals surface area contributed by atoms with Crippen molar-refractivity contribution in [3.05, 3.63) is 21.1 Å². The Bertz CT molecular complexity index is 603. The molecule has 1 aliphatic rings. The Morgan fingerprint density at radius 1 is 1.37 bits per heavy atom. The van der Waals surface area contributed by atoms with E-state index in [4.69, 9.17) is 16.6 Å². The topological polar surface area (TPSA) is 37.8 Å². The third-order valence-corrected chi connectivity index (χ3v) is 5.92. The quantitative estimate of drug-likeness (QED) is 0.905. The van der Waals surface area contributed by atoms with Gasteiger partial charge in [-0.15, -0.1) is 11.3 Å². The van der Waals surface area contributed by atoms with Gasteiger partial charge in [-0.3, -0.25) is 0 Å². The number of thiazole rings is 2. The first-order chi connectivity index (χ1) is 8.98. The molecule has 3 nitrogen and oxygen atoms in total. The number of nitrogens with zero attached hydrogens (tertiary/aromatic N) is 2. The number of fused-ring (bicyclic) bond motifs is 1. The minimum atomic E-state index is 0.298. The molecule has 0 aromatic carbocycles. The monoisotopic (exact) mass is 313 g/mol. The highest BCUT2D eigenvalue weighted by Crippen LogP contribution is 2.45. The van der Waals surface area contributed by atoms with Gasteiger partial charge in [0, 0.05) is 10.9 Å². The van der Waals surface area contributed by atoms with Crippen LogP contribution in [0.2, 0.25) is 4.34 Å². The number of nitrogens with one attached hydrogen (secondary N) is 1. The van der Waals surface area contributed by atoms with Crippen LogP contribution in [-0.4, -0.2) is 17.0 Å². The van der Waals surface area contributed by atoms with E-state index in [2.05, 4.69) is 24.1 Å². The average Bonchev–Trinajstić information content (AvgIpc) is 2.92. The summed E-state index contributed by atoms with van der Waals surface area (Å²) in [6, 6.07) is 0.403. The van der Waals surface area contributed by atoms with E-state index >= 15 is 0 Å². The molecule has 0 amide bonds. The van der Waals surface area contributed by atoms with Crippen LogP contribution < -0.4 is 5.32 Å².